The summed E-state index contributed by atoms with van der Waals surface area (Å²) in [5.41, 5.74) is 2.79. The molecule has 9 heteroatoms. The molecule has 0 amide bonds. The van der Waals surface area contributed by atoms with E-state index >= 15 is 0 Å². The van der Waals surface area contributed by atoms with Gasteiger partial charge in [-0.3, -0.25) is 5.10 Å². The maximum absolute atomic E-state index is 6.53. The summed E-state index contributed by atoms with van der Waals surface area (Å²) in [6, 6.07) is 7.73. The summed E-state index contributed by atoms with van der Waals surface area (Å²) >= 11 is 6.53. The molecule has 4 aromatic rings. The third-order valence-electron chi connectivity index (χ3n) is 4.23. The molecule has 8 nitrogen and oxygen atoms in total. The van der Waals surface area contributed by atoms with E-state index in [4.69, 9.17) is 16.3 Å². The van der Waals surface area contributed by atoms with Crippen LogP contribution in [0.25, 0.3) is 17.0 Å². The predicted molar refractivity (Wildman–Crippen MR) is 114 cm³/mol. The van der Waals surface area contributed by atoms with Crippen molar-refractivity contribution in [1.29, 1.82) is 0 Å². The molecule has 1 aromatic carbocycles. The largest absolute Gasteiger partial charge is 0.423 e. The van der Waals surface area contributed by atoms with Gasteiger partial charge in [0.25, 0.3) is 0 Å². The van der Waals surface area contributed by atoms with E-state index in [0.717, 1.165) is 28.7 Å². The number of fused-ring (bicyclic) bond motifs is 1. The Labute approximate surface area is 172 Å². The van der Waals surface area contributed by atoms with Crippen LogP contribution in [0.4, 0.5) is 11.8 Å². The SMILES string of the molecule is C/C=C/c1nc(Nc2cc(CC)nc(Oc3ccc4[nH]c(C)cc4c3Cl)n2)n[nH]1. The second-order valence-electron chi connectivity index (χ2n) is 6.44. The van der Waals surface area contributed by atoms with Crippen molar-refractivity contribution in [3.8, 4) is 11.8 Å². The molecule has 0 aliphatic heterocycles. The van der Waals surface area contributed by atoms with E-state index < -0.39 is 0 Å². The summed E-state index contributed by atoms with van der Waals surface area (Å²) in [6.07, 6.45) is 4.42. The Morgan fingerprint density at radius 1 is 1.21 bits per heavy atom. The van der Waals surface area contributed by atoms with Gasteiger partial charge in [0.05, 0.1) is 5.02 Å². The van der Waals surface area contributed by atoms with E-state index in [9.17, 15) is 0 Å². The van der Waals surface area contributed by atoms with Gasteiger partial charge in [-0.2, -0.15) is 15.0 Å². The highest BCUT2D eigenvalue weighted by molar-refractivity contribution is 6.37. The van der Waals surface area contributed by atoms with Gasteiger partial charge in [0.15, 0.2) is 0 Å². The molecule has 0 aliphatic carbocycles. The van der Waals surface area contributed by atoms with E-state index in [1.165, 1.54) is 0 Å². The molecule has 4 rings (SSSR count). The maximum Gasteiger partial charge on any atom is 0.324 e. The molecular formula is C20H20ClN7O. The number of ether oxygens (including phenoxy) is 1. The Kier molecular flexibility index (Phi) is 5.18. The number of nitrogens with one attached hydrogen (secondary N) is 3. The first kappa shape index (κ1) is 18.9. The fraction of sp³-hybridized carbons (Fsp3) is 0.200. The van der Waals surface area contributed by atoms with E-state index in [1.807, 2.05) is 51.1 Å². The summed E-state index contributed by atoms with van der Waals surface area (Å²) < 4.78 is 5.92. The van der Waals surface area contributed by atoms with E-state index in [2.05, 4.69) is 35.5 Å². The van der Waals surface area contributed by atoms with Gasteiger partial charge in [-0.1, -0.05) is 24.6 Å². The van der Waals surface area contributed by atoms with Gasteiger partial charge in [0.1, 0.15) is 17.4 Å². The lowest BCUT2D eigenvalue weighted by molar-refractivity contribution is 0.441. The number of aromatic amines is 2. The molecule has 3 heterocycles. The van der Waals surface area contributed by atoms with Crippen molar-refractivity contribution in [2.75, 3.05) is 5.32 Å². The Morgan fingerprint density at radius 3 is 2.86 bits per heavy atom. The fourth-order valence-electron chi connectivity index (χ4n) is 2.91. The molecule has 0 saturated carbocycles. The number of aromatic nitrogens is 6. The van der Waals surface area contributed by atoms with Crippen LogP contribution in [-0.4, -0.2) is 30.1 Å². The lowest BCUT2D eigenvalue weighted by atomic mass is 10.2. The minimum atomic E-state index is 0.199. The number of anilines is 2. The van der Waals surface area contributed by atoms with Crippen molar-refractivity contribution in [2.24, 2.45) is 0 Å². The number of hydrogen-bond donors (Lipinski definition) is 3. The van der Waals surface area contributed by atoms with Crippen LogP contribution in [0.2, 0.25) is 5.02 Å². The molecule has 0 radical (unpaired) electrons. The van der Waals surface area contributed by atoms with Gasteiger partial charge < -0.3 is 15.0 Å². The quantitative estimate of drug-likeness (QED) is 0.405. The first-order valence-corrected chi connectivity index (χ1v) is 9.59. The normalized spacial score (nSPS) is 11.4. The number of allylic oxidation sites excluding steroid dienone is 1. The fourth-order valence-corrected chi connectivity index (χ4v) is 3.16. The van der Waals surface area contributed by atoms with Gasteiger partial charge in [0.2, 0.25) is 5.95 Å². The highest BCUT2D eigenvalue weighted by Crippen LogP contribution is 2.35. The van der Waals surface area contributed by atoms with Crippen molar-refractivity contribution >= 4 is 40.3 Å². The third kappa shape index (κ3) is 4.07. The van der Waals surface area contributed by atoms with Crippen LogP contribution >= 0.6 is 11.6 Å². The van der Waals surface area contributed by atoms with Crippen molar-refractivity contribution in [3.63, 3.8) is 0 Å². The van der Waals surface area contributed by atoms with Gasteiger partial charge in [0, 0.05) is 28.4 Å². The van der Waals surface area contributed by atoms with Crippen LogP contribution in [0.5, 0.6) is 11.8 Å². The first-order valence-electron chi connectivity index (χ1n) is 9.21. The zero-order valence-corrected chi connectivity index (χ0v) is 17.0. The Morgan fingerprint density at radius 2 is 2.07 bits per heavy atom. The zero-order valence-electron chi connectivity index (χ0n) is 16.2. The molecule has 0 unspecified atom stereocenters. The molecule has 0 fully saturated rings. The van der Waals surface area contributed by atoms with Crippen LogP contribution in [0.15, 0.2) is 30.3 Å². The average molecular weight is 410 g/mol. The Bertz CT molecular complexity index is 1190. The zero-order chi connectivity index (χ0) is 20.4. The number of H-pyrrole nitrogens is 2. The molecule has 29 heavy (non-hydrogen) atoms. The molecule has 0 spiro atoms. The van der Waals surface area contributed by atoms with Crippen molar-refractivity contribution in [1.82, 2.24) is 30.1 Å². The summed E-state index contributed by atoms with van der Waals surface area (Å²) in [7, 11) is 0. The van der Waals surface area contributed by atoms with Crippen molar-refractivity contribution in [3.05, 3.63) is 52.6 Å². The van der Waals surface area contributed by atoms with Crippen molar-refractivity contribution in [2.45, 2.75) is 27.2 Å². The van der Waals surface area contributed by atoms with Crippen LogP contribution in [0, 0.1) is 6.92 Å². The van der Waals surface area contributed by atoms with Crippen LogP contribution < -0.4 is 10.1 Å². The molecule has 0 saturated heterocycles. The summed E-state index contributed by atoms with van der Waals surface area (Å²) in [5, 5.41) is 11.4. The first-order chi connectivity index (χ1) is 14.1. The number of aryl methyl sites for hydroxylation is 2. The number of nitrogens with zero attached hydrogens (tertiary/aromatic N) is 4. The second kappa shape index (κ2) is 7.92. The van der Waals surface area contributed by atoms with Crippen LogP contribution in [-0.2, 0) is 6.42 Å². The highest BCUT2D eigenvalue weighted by Gasteiger charge is 2.13. The topological polar surface area (TPSA) is 104 Å². The Balaban J connectivity index is 1.63. The molecule has 148 valence electrons. The van der Waals surface area contributed by atoms with Gasteiger partial charge in [-0.15, -0.1) is 5.10 Å². The van der Waals surface area contributed by atoms with Crippen LogP contribution in [0.1, 0.15) is 31.1 Å². The van der Waals surface area contributed by atoms with Crippen LogP contribution in [0.3, 0.4) is 0 Å². The van der Waals surface area contributed by atoms with E-state index in [0.29, 0.717) is 28.4 Å². The maximum atomic E-state index is 6.53. The van der Waals surface area contributed by atoms with E-state index in [1.54, 1.807) is 6.07 Å². The molecule has 3 aromatic heterocycles. The van der Waals surface area contributed by atoms with Crippen molar-refractivity contribution < 1.29 is 4.74 Å². The summed E-state index contributed by atoms with van der Waals surface area (Å²) in [4.78, 5) is 16.5. The molecule has 3 N–H and O–H groups in total. The van der Waals surface area contributed by atoms with E-state index in [-0.39, 0.29) is 6.01 Å². The Hall–Kier alpha value is -3.39. The molecule has 0 bridgehead atoms. The van der Waals surface area contributed by atoms with Gasteiger partial charge in [-0.05, 0) is 44.5 Å². The number of halogens is 1. The molecular weight excluding hydrogens is 390 g/mol. The third-order valence-corrected chi connectivity index (χ3v) is 4.62. The lowest BCUT2D eigenvalue weighted by Gasteiger charge is -2.10. The van der Waals surface area contributed by atoms with Gasteiger partial charge >= 0.3 is 6.01 Å². The molecule has 0 atom stereocenters. The minimum absolute atomic E-state index is 0.199. The molecule has 0 aliphatic rings. The number of rotatable bonds is 6. The smallest absolute Gasteiger partial charge is 0.324 e. The lowest BCUT2D eigenvalue weighted by Crippen LogP contribution is -2.02. The number of hydrogen-bond acceptors (Lipinski definition) is 6. The standard InChI is InChI=1S/C20H20ClN7O/c1-4-6-16-24-19(28-27-16)25-17-10-12(5-2)23-20(26-17)29-15-8-7-14-13(18(15)21)9-11(3)22-14/h4,6-10,22H,5H2,1-3H3,(H2,23,24,25,26,27,28)/b6-4+. The second-order valence-corrected chi connectivity index (χ2v) is 6.82. The summed E-state index contributed by atoms with van der Waals surface area (Å²) in [6.45, 7) is 5.90. The minimum Gasteiger partial charge on any atom is -0.423 e. The average Bonchev–Trinajstić information content (AvgIpc) is 3.30. The predicted octanol–water partition coefficient (Wildman–Crippen LogP) is 5.17. The van der Waals surface area contributed by atoms with Gasteiger partial charge in [-0.25, -0.2) is 0 Å². The highest BCUT2D eigenvalue weighted by atomic mass is 35.5. The summed E-state index contributed by atoms with van der Waals surface area (Å²) in [5.74, 6) is 2.09. The monoisotopic (exact) mass is 409 g/mol. The number of benzene rings is 1.